The Morgan fingerprint density at radius 2 is 1.68 bits per heavy atom. The van der Waals surface area contributed by atoms with Crippen LogP contribution in [0.5, 0.6) is 0 Å². The number of halogens is 3. The summed E-state index contributed by atoms with van der Waals surface area (Å²) in [5, 5.41) is 0. The first kappa shape index (κ1) is 13.1. The molecule has 0 amide bonds. The summed E-state index contributed by atoms with van der Waals surface area (Å²) in [6, 6.07) is 6.38. The third-order valence-electron chi connectivity index (χ3n) is 2.57. The normalized spacial score (nSPS) is 10.3. The van der Waals surface area contributed by atoms with E-state index in [9.17, 15) is 18.0 Å². The Balaban J connectivity index is 2.63. The molecule has 0 saturated heterocycles. The summed E-state index contributed by atoms with van der Waals surface area (Å²) in [6.45, 7) is 0. The molecule has 98 valence electrons. The second-order valence-electron chi connectivity index (χ2n) is 3.82. The van der Waals surface area contributed by atoms with Crippen LogP contribution in [0, 0.1) is 17.5 Å². The second-order valence-corrected chi connectivity index (χ2v) is 3.82. The number of methoxy groups -OCH3 is 1. The van der Waals surface area contributed by atoms with Crippen LogP contribution >= 0.6 is 0 Å². The quantitative estimate of drug-likeness (QED) is 0.777. The molecule has 0 aliphatic carbocycles. The smallest absolute Gasteiger partial charge is 0.337 e. The summed E-state index contributed by atoms with van der Waals surface area (Å²) in [4.78, 5) is 11.3. The number of hydrogen-bond acceptors (Lipinski definition) is 2. The van der Waals surface area contributed by atoms with Crippen molar-refractivity contribution in [3.8, 4) is 11.1 Å². The van der Waals surface area contributed by atoms with Crippen molar-refractivity contribution < 1.29 is 22.7 Å². The van der Waals surface area contributed by atoms with Crippen LogP contribution in [0.3, 0.4) is 0 Å². The van der Waals surface area contributed by atoms with E-state index in [4.69, 9.17) is 0 Å². The fraction of sp³-hybridized carbons (Fsp3) is 0.0714. The van der Waals surface area contributed by atoms with E-state index in [0.29, 0.717) is 0 Å². The summed E-state index contributed by atoms with van der Waals surface area (Å²) >= 11 is 0. The van der Waals surface area contributed by atoms with Gasteiger partial charge in [0.15, 0.2) is 0 Å². The predicted molar refractivity (Wildman–Crippen MR) is 63.1 cm³/mol. The Hall–Kier alpha value is -2.30. The topological polar surface area (TPSA) is 26.3 Å². The molecule has 0 fully saturated rings. The Morgan fingerprint density at radius 1 is 1.05 bits per heavy atom. The molecule has 0 spiro atoms. The number of esters is 1. The van der Waals surface area contributed by atoms with E-state index < -0.39 is 23.4 Å². The van der Waals surface area contributed by atoms with E-state index in [1.54, 1.807) is 0 Å². The van der Waals surface area contributed by atoms with Gasteiger partial charge in [-0.05, 0) is 35.9 Å². The van der Waals surface area contributed by atoms with Gasteiger partial charge in [0.2, 0.25) is 0 Å². The molecule has 0 aliphatic rings. The highest BCUT2D eigenvalue weighted by Gasteiger charge is 2.15. The van der Waals surface area contributed by atoms with Gasteiger partial charge in [-0.15, -0.1) is 0 Å². The van der Waals surface area contributed by atoms with E-state index >= 15 is 0 Å². The predicted octanol–water partition coefficient (Wildman–Crippen LogP) is 3.56. The summed E-state index contributed by atoms with van der Waals surface area (Å²) in [7, 11) is 1.14. The largest absolute Gasteiger partial charge is 0.465 e. The van der Waals surface area contributed by atoms with Crippen molar-refractivity contribution in [1.29, 1.82) is 0 Å². The molecule has 0 unspecified atom stereocenters. The Bertz CT molecular complexity index is 618. The SMILES string of the molecule is COC(=O)c1cc(F)cc(-c2c(F)cccc2F)c1. The fourth-order valence-electron chi connectivity index (χ4n) is 1.74. The fourth-order valence-corrected chi connectivity index (χ4v) is 1.74. The molecule has 0 aromatic heterocycles. The molecule has 0 atom stereocenters. The summed E-state index contributed by atoms with van der Waals surface area (Å²) < 4.78 is 45.1. The minimum absolute atomic E-state index is 0.0593. The lowest BCUT2D eigenvalue weighted by atomic mass is 10.0. The van der Waals surface area contributed by atoms with Crippen LogP contribution in [0.2, 0.25) is 0 Å². The third-order valence-corrected chi connectivity index (χ3v) is 2.57. The van der Waals surface area contributed by atoms with Crippen LogP contribution < -0.4 is 0 Å². The van der Waals surface area contributed by atoms with Gasteiger partial charge < -0.3 is 4.74 Å². The standard InChI is InChI=1S/C14H9F3O2/c1-19-14(18)9-5-8(6-10(15)7-9)13-11(16)3-2-4-12(13)17/h2-7H,1H3. The van der Waals surface area contributed by atoms with Gasteiger partial charge >= 0.3 is 5.97 Å². The first-order valence-electron chi connectivity index (χ1n) is 5.36. The zero-order chi connectivity index (χ0) is 14.0. The number of ether oxygens (including phenoxy) is 1. The number of carbonyl (C=O) groups is 1. The van der Waals surface area contributed by atoms with Crippen molar-refractivity contribution in [2.24, 2.45) is 0 Å². The molecular weight excluding hydrogens is 257 g/mol. The summed E-state index contributed by atoms with van der Waals surface area (Å²) in [5.41, 5.74) is -0.552. The highest BCUT2D eigenvalue weighted by molar-refractivity contribution is 5.91. The monoisotopic (exact) mass is 266 g/mol. The average Bonchev–Trinajstić information content (AvgIpc) is 2.37. The van der Waals surface area contributed by atoms with E-state index in [1.165, 1.54) is 12.1 Å². The van der Waals surface area contributed by atoms with Crippen molar-refractivity contribution in [3.05, 3.63) is 59.4 Å². The van der Waals surface area contributed by atoms with Crippen LogP contribution in [0.15, 0.2) is 36.4 Å². The van der Waals surface area contributed by atoms with Crippen LogP contribution in [0.4, 0.5) is 13.2 Å². The van der Waals surface area contributed by atoms with E-state index in [1.807, 2.05) is 0 Å². The van der Waals surface area contributed by atoms with Gasteiger partial charge in [0, 0.05) is 0 Å². The van der Waals surface area contributed by atoms with Crippen LogP contribution in [0.25, 0.3) is 11.1 Å². The van der Waals surface area contributed by atoms with Crippen molar-refractivity contribution in [1.82, 2.24) is 0 Å². The molecule has 2 rings (SSSR count). The maximum Gasteiger partial charge on any atom is 0.337 e. The number of benzene rings is 2. The minimum atomic E-state index is -0.832. The van der Waals surface area contributed by atoms with Crippen molar-refractivity contribution in [3.63, 3.8) is 0 Å². The van der Waals surface area contributed by atoms with Crippen LogP contribution in [-0.2, 0) is 4.74 Å². The Labute approximate surface area is 107 Å². The number of rotatable bonds is 2. The van der Waals surface area contributed by atoms with Gasteiger partial charge in [-0.25, -0.2) is 18.0 Å². The lowest BCUT2D eigenvalue weighted by molar-refractivity contribution is 0.0600. The van der Waals surface area contributed by atoms with Gasteiger partial charge in [-0.3, -0.25) is 0 Å². The molecule has 0 aliphatic heterocycles. The van der Waals surface area contributed by atoms with Gasteiger partial charge in [-0.1, -0.05) is 6.07 Å². The third kappa shape index (κ3) is 2.59. The maximum atomic E-state index is 13.6. The lowest BCUT2D eigenvalue weighted by Crippen LogP contribution is -2.02. The van der Waals surface area contributed by atoms with Crippen LogP contribution in [0.1, 0.15) is 10.4 Å². The van der Waals surface area contributed by atoms with Gasteiger partial charge in [0.05, 0.1) is 18.2 Å². The Kier molecular flexibility index (Phi) is 3.55. The van der Waals surface area contributed by atoms with E-state index in [-0.39, 0.29) is 16.7 Å². The summed E-state index contributed by atoms with van der Waals surface area (Å²) in [6.07, 6.45) is 0. The van der Waals surface area contributed by atoms with Crippen molar-refractivity contribution in [2.45, 2.75) is 0 Å². The molecule has 5 heteroatoms. The van der Waals surface area contributed by atoms with Crippen molar-refractivity contribution >= 4 is 5.97 Å². The molecule has 0 radical (unpaired) electrons. The Morgan fingerprint density at radius 3 is 2.26 bits per heavy atom. The summed E-state index contributed by atoms with van der Waals surface area (Å²) in [5.74, 6) is -3.22. The molecule has 2 nitrogen and oxygen atoms in total. The molecule has 0 bridgehead atoms. The average molecular weight is 266 g/mol. The highest BCUT2D eigenvalue weighted by atomic mass is 19.1. The molecule has 2 aromatic rings. The first-order chi connectivity index (χ1) is 9.02. The molecule has 2 aromatic carbocycles. The zero-order valence-electron chi connectivity index (χ0n) is 9.91. The molecule has 0 heterocycles. The molecule has 19 heavy (non-hydrogen) atoms. The lowest BCUT2D eigenvalue weighted by Gasteiger charge is -2.07. The van der Waals surface area contributed by atoms with E-state index in [0.717, 1.165) is 31.4 Å². The second kappa shape index (κ2) is 5.14. The molecule has 0 N–H and O–H groups in total. The number of carbonyl (C=O) groups excluding carboxylic acids is 1. The minimum Gasteiger partial charge on any atom is -0.465 e. The van der Waals surface area contributed by atoms with Gasteiger partial charge in [0.25, 0.3) is 0 Å². The zero-order valence-corrected chi connectivity index (χ0v) is 9.91. The maximum absolute atomic E-state index is 13.6. The van der Waals surface area contributed by atoms with Crippen LogP contribution in [-0.4, -0.2) is 13.1 Å². The van der Waals surface area contributed by atoms with Gasteiger partial charge in [-0.2, -0.15) is 0 Å². The van der Waals surface area contributed by atoms with Gasteiger partial charge in [0.1, 0.15) is 17.5 Å². The van der Waals surface area contributed by atoms with E-state index in [2.05, 4.69) is 4.74 Å². The first-order valence-corrected chi connectivity index (χ1v) is 5.36. The highest BCUT2D eigenvalue weighted by Crippen LogP contribution is 2.27. The molecular formula is C14H9F3O2. The molecule has 0 saturated carbocycles. The van der Waals surface area contributed by atoms with Crippen molar-refractivity contribution in [2.75, 3.05) is 7.11 Å². The number of hydrogen-bond donors (Lipinski definition) is 0.